The number of carbonyl (C=O) groups is 4. The summed E-state index contributed by atoms with van der Waals surface area (Å²) >= 11 is 0. The van der Waals surface area contributed by atoms with Gasteiger partial charge < -0.3 is 10.2 Å². The van der Waals surface area contributed by atoms with Crippen LogP contribution in [0.15, 0.2) is 42.6 Å². The summed E-state index contributed by atoms with van der Waals surface area (Å²) in [6.07, 6.45) is 3.82. The minimum atomic E-state index is -0.559. The molecule has 2 heterocycles. The summed E-state index contributed by atoms with van der Waals surface area (Å²) in [5.41, 5.74) is 2.59. The van der Waals surface area contributed by atoms with Crippen LogP contribution in [0.25, 0.3) is 0 Å². The monoisotopic (exact) mass is 405 g/mol. The summed E-state index contributed by atoms with van der Waals surface area (Å²) in [4.78, 5) is 55.3. The smallest absolute Gasteiger partial charge is 0.255 e. The van der Waals surface area contributed by atoms with Crippen molar-refractivity contribution in [2.45, 2.75) is 51.1 Å². The van der Waals surface area contributed by atoms with Gasteiger partial charge in [0.2, 0.25) is 5.91 Å². The molecule has 1 N–H and O–H groups in total. The lowest BCUT2D eigenvalue weighted by molar-refractivity contribution is -0.126. The molecule has 30 heavy (non-hydrogen) atoms. The van der Waals surface area contributed by atoms with Crippen molar-refractivity contribution in [3.05, 3.63) is 59.4 Å². The molecule has 1 aromatic heterocycles. The predicted molar refractivity (Wildman–Crippen MR) is 110 cm³/mol. The molecule has 4 rings (SSSR count). The Morgan fingerprint density at radius 3 is 2.77 bits per heavy atom. The van der Waals surface area contributed by atoms with Gasteiger partial charge in [-0.2, -0.15) is 0 Å². The third-order valence-electron chi connectivity index (χ3n) is 5.61. The molecule has 1 unspecified atom stereocenters. The zero-order valence-corrected chi connectivity index (χ0v) is 16.6. The highest BCUT2D eigenvalue weighted by Gasteiger charge is 2.36. The minimum absolute atomic E-state index is 0.0209. The lowest BCUT2D eigenvalue weighted by atomic mass is 9.94. The van der Waals surface area contributed by atoms with E-state index in [9.17, 15) is 19.2 Å². The van der Waals surface area contributed by atoms with Crippen LogP contribution in [-0.4, -0.2) is 39.3 Å². The van der Waals surface area contributed by atoms with E-state index >= 15 is 0 Å². The highest BCUT2D eigenvalue weighted by Crippen LogP contribution is 2.30. The summed E-state index contributed by atoms with van der Waals surface area (Å²) in [6, 6.07) is 10.0. The second-order valence-corrected chi connectivity index (χ2v) is 7.76. The number of fused-ring (bicyclic) bond motifs is 1. The first kappa shape index (κ1) is 19.9. The number of pyridine rings is 1. The van der Waals surface area contributed by atoms with Crippen LogP contribution >= 0.6 is 0 Å². The second-order valence-electron chi connectivity index (χ2n) is 7.76. The van der Waals surface area contributed by atoms with Crippen LogP contribution in [0.4, 0.5) is 5.69 Å². The largest absolute Gasteiger partial charge is 0.326 e. The van der Waals surface area contributed by atoms with Gasteiger partial charge in [0.1, 0.15) is 5.78 Å². The van der Waals surface area contributed by atoms with E-state index in [4.69, 9.17) is 0 Å². The van der Waals surface area contributed by atoms with Crippen molar-refractivity contribution < 1.29 is 19.2 Å². The maximum Gasteiger partial charge on any atom is 0.255 e. The maximum atomic E-state index is 12.9. The Bertz CT molecular complexity index is 1000. The Hall–Kier alpha value is -3.35. The number of ketones is 2. The van der Waals surface area contributed by atoms with Gasteiger partial charge in [0.05, 0.1) is 12.5 Å². The van der Waals surface area contributed by atoms with Crippen molar-refractivity contribution >= 4 is 29.1 Å². The normalized spacial score (nSPS) is 19.3. The number of nitrogens with zero attached hydrogens (tertiary/aromatic N) is 2. The molecule has 2 aromatic rings. The number of rotatable bonds is 4. The Kier molecular flexibility index (Phi) is 5.70. The first-order chi connectivity index (χ1) is 14.5. The van der Waals surface area contributed by atoms with Crippen LogP contribution in [0, 0.1) is 0 Å². The van der Waals surface area contributed by atoms with Gasteiger partial charge in [-0.25, -0.2) is 0 Å². The predicted octanol–water partition coefficient (Wildman–Crippen LogP) is 2.69. The van der Waals surface area contributed by atoms with Gasteiger partial charge in [0.15, 0.2) is 5.78 Å². The molecule has 0 saturated heterocycles. The number of anilines is 1. The SMILES string of the molecule is O=C1CCCC(=O)C(N2Cc3cc(NC(=O)Cc4ccccn4)ccc3C2=O)CC1. The quantitative estimate of drug-likeness (QED) is 0.844. The molecular weight excluding hydrogens is 382 g/mol. The molecule has 1 saturated carbocycles. The van der Waals surface area contributed by atoms with Gasteiger partial charge in [0.25, 0.3) is 5.91 Å². The zero-order chi connectivity index (χ0) is 21.1. The highest BCUT2D eigenvalue weighted by molar-refractivity contribution is 6.02. The molecular formula is C23H23N3O4. The van der Waals surface area contributed by atoms with Gasteiger partial charge >= 0.3 is 0 Å². The van der Waals surface area contributed by atoms with Gasteiger partial charge in [-0.3, -0.25) is 24.2 Å². The molecule has 7 heteroatoms. The molecule has 2 amide bonds. The summed E-state index contributed by atoms with van der Waals surface area (Å²) in [6.45, 7) is 0.308. The Balaban J connectivity index is 1.46. The number of carbonyl (C=O) groups excluding carboxylic acids is 4. The van der Waals surface area contributed by atoms with Crippen molar-refractivity contribution in [2.75, 3.05) is 5.32 Å². The summed E-state index contributed by atoms with van der Waals surface area (Å²) < 4.78 is 0. The summed E-state index contributed by atoms with van der Waals surface area (Å²) in [5.74, 6) is -0.214. The fourth-order valence-corrected chi connectivity index (χ4v) is 4.08. The highest BCUT2D eigenvalue weighted by atomic mass is 16.2. The average molecular weight is 405 g/mol. The second kappa shape index (κ2) is 8.57. The molecule has 1 aromatic carbocycles. The summed E-state index contributed by atoms with van der Waals surface area (Å²) in [5, 5.41) is 2.84. The molecule has 0 spiro atoms. The van der Waals surface area contributed by atoms with Crippen molar-refractivity contribution in [1.29, 1.82) is 0 Å². The molecule has 7 nitrogen and oxygen atoms in total. The van der Waals surface area contributed by atoms with Crippen LogP contribution in [-0.2, 0) is 27.3 Å². The van der Waals surface area contributed by atoms with Crippen LogP contribution < -0.4 is 5.32 Å². The van der Waals surface area contributed by atoms with Gasteiger partial charge in [-0.15, -0.1) is 0 Å². The number of aromatic nitrogens is 1. The van der Waals surface area contributed by atoms with E-state index in [2.05, 4.69) is 10.3 Å². The van der Waals surface area contributed by atoms with Gasteiger partial charge in [-0.1, -0.05) is 6.07 Å². The number of nitrogens with one attached hydrogen (secondary N) is 1. The Labute approximate surface area is 174 Å². The first-order valence-corrected chi connectivity index (χ1v) is 10.2. The van der Waals surface area contributed by atoms with Gasteiger partial charge in [0, 0.05) is 48.9 Å². The van der Waals surface area contributed by atoms with Crippen molar-refractivity contribution in [1.82, 2.24) is 9.88 Å². The van der Waals surface area contributed by atoms with E-state index in [-0.39, 0.29) is 29.8 Å². The molecule has 1 aliphatic carbocycles. The lowest BCUT2D eigenvalue weighted by Gasteiger charge is -2.27. The van der Waals surface area contributed by atoms with E-state index in [0.717, 1.165) is 5.56 Å². The fraction of sp³-hybridized carbons (Fsp3) is 0.348. The molecule has 0 radical (unpaired) electrons. The molecule has 1 fully saturated rings. The maximum absolute atomic E-state index is 12.9. The number of amides is 2. The number of hydrogen-bond acceptors (Lipinski definition) is 5. The number of benzene rings is 1. The van der Waals surface area contributed by atoms with E-state index in [1.165, 1.54) is 0 Å². The molecule has 2 aliphatic rings. The van der Waals surface area contributed by atoms with Gasteiger partial charge in [-0.05, 0) is 48.7 Å². The van der Waals surface area contributed by atoms with Crippen LogP contribution in [0.3, 0.4) is 0 Å². The van der Waals surface area contributed by atoms with Crippen molar-refractivity contribution in [2.24, 2.45) is 0 Å². The minimum Gasteiger partial charge on any atom is -0.326 e. The van der Waals surface area contributed by atoms with Crippen LogP contribution in [0.2, 0.25) is 0 Å². The molecule has 154 valence electrons. The average Bonchev–Trinajstić information content (AvgIpc) is 3.03. The lowest BCUT2D eigenvalue weighted by Crippen LogP contribution is -2.42. The van der Waals surface area contributed by atoms with E-state index in [0.29, 0.717) is 55.6 Å². The van der Waals surface area contributed by atoms with Crippen molar-refractivity contribution in [3.63, 3.8) is 0 Å². The van der Waals surface area contributed by atoms with E-state index in [1.807, 2.05) is 6.07 Å². The van der Waals surface area contributed by atoms with E-state index in [1.54, 1.807) is 41.4 Å². The van der Waals surface area contributed by atoms with E-state index < -0.39 is 6.04 Å². The Morgan fingerprint density at radius 1 is 1.10 bits per heavy atom. The summed E-state index contributed by atoms with van der Waals surface area (Å²) in [7, 11) is 0. The third kappa shape index (κ3) is 4.30. The molecule has 1 atom stereocenters. The third-order valence-corrected chi connectivity index (χ3v) is 5.61. The molecule has 0 bridgehead atoms. The van der Waals surface area contributed by atoms with Crippen LogP contribution in [0.1, 0.15) is 53.7 Å². The number of hydrogen-bond donors (Lipinski definition) is 1. The van der Waals surface area contributed by atoms with Crippen molar-refractivity contribution in [3.8, 4) is 0 Å². The standard InChI is InChI=1S/C23H23N3O4/c27-18-5-3-6-21(28)20(10-8-18)26-14-15-12-17(7-9-19(15)23(26)30)25-22(29)13-16-4-1-2-11-24-16/h1-2,4,7,9,11-12,20H,3,5-6,8,10,13-14H2,(H,25,29). The Morgan fingerprint density at radius 2 is 1.97 bits per heavy atom. The first-order valence-electron chi connectivity index (χ1n) is 10.2. The number of Topliss-reactive ketones (excluding diaryl/α,β-unsaturated/α-hetero) is 2. The zero-order valence-electron chi connectivity index (χ0n) is 16.6. The molecule has 1 aliphatic heterocycles. The van der Waals surface area contributed by atoms with Crippen LogP contribution in [0.5, 0.6) is 0 Å². The fourth-order valence-electron chi connectivity index (χ4n) is 4.08. The topological polar surface area (TPSA) is 96.4 Å².